The van der Waals surface area contributed by atoms with Crippen LogP contribution in [0.5, 0.6) is 0 Å². The van der Waals surface area contributed by atoms with E-state index in [0.717, 1.165) is 6.34 Å². The van der Waals surface area contributed by atoms with Crippen LogP contribution in [-0.4, -0.2) is 15.9 Å². The molecule has 0 saturated heterocycles. The lowest BCUT2D eigenvalue weighted by Gasteiger charge is -2.18. The van der Waals surface area contributed by atoms with Gasteiger partial charge in [-0.05, 0) is 0 Å². The first-order chi connectivity index (χ1) is 7.41. The highest BCUT2D eigenvalue weighted by Crippen LogP contribution is 2.26. The Balaban J connectivity index is 2.82. The SMILES string of the molecule is O=c1[nH]c(=O)n(C(F)(F)F)c2c1CN=CN2. The third-order valence-electron chi connectivity index (χ3n) is 2.00. The lowest BCUT2D eigenvalue weighted by atomic mass is 10.3. The number of nitrogens with one attached hydrogen (secondary N) is 2. The molecule has 2 heterocycles. The van der Waals surface area contributed by atoms with Crippen LogP contribution in [0.1, 0.15) is 5.56 Å². The Morgan fingerprint density at radius 1 is 1.38 bits per heavy atom. The van der Waals surface area contributed by atoms with Gasteiger partial charge in [0, 0.05) is 0 Å². The number of anilines is 1. The number of halogens is 3. The average molecular weight is 234 g/mol. The fourth-order valence-corrected chi connectivity index (χ4v) is 1.36. The Hall–Kier alpha value is -2.06. The molecule has 0 unspecified atom stereocenters. The molecule has 0 radical (unpaired) electrons. The van der Waals surface area contributed by atoms with Gasteiger partial charge in [-0.25, -0.2) is 4.79 Å². The number of rotatable bonds is 0. The Kier molecular flexibility index (Phi) is 2.10. The Bertz CT molecular complexity index is 568. The molecule has 1 aromatic heterocycles. The van der Waals surface area contributed by atoms with Crippen LogP contribution in [0, 0.1) is 0 Å². The summed E-state index contributed by atoms with van der Waals surface area (Å²) in [7, 11) is 0. The van der Waals surface area contributed by atoms with Gasteiger partial charge in [0.15, 0.2) is 0 Å². The molecular weight excluding hydrogens is 229 g/mol. The third kappa shape index (κ3) is 1.49. The van der Waals surface area contributed by atoms with Crippen molar-refractivity contribution in [3.05, 3.63) is 26.4 Å². The molecule has 1 aliphatic rings. The van der Waals surface area contributed by atoms with Crippen LogP contribution in [0.3, 0.4) is 0 Å². The Labute approximate surface area is 85.4 Å². The molecule has 1 aromatic rings. The van der Waals surface area contributed by atoms with Gasteiger partial charge < -0.3 is 5.32 Å². The summed E-state index contributed by atoms with van der Waals surface area (Å²) in [6.07, 6.45) is -3.90. The molecule has 2 rings (SSSR count). The molecule has 0 bridgehead atoms. The summed E-state index contributed by atoms with van der Waals surface area (Å²) in [5, 5.41) is 2.15. The molecule has 0 saturated carbocycles. The van der Waals surface area contributed by atoms with Gasteiger partial charge in [-0.3, -0.25) is 14.8 Å². The normalized spacial score (nSPS) is 14.4. The monoisotopic (exact) mass is 234 g/mol. The molecule has 0 spiro atoms. The van der Waals surface area contributed by atoms with Gasteiger partial charge in [0.05, 0.1) is 18.4 Å². The van der Waals surface area contributed by atoms with Crippen molar-refractivity contribution in [3.8, 4) is 0 Å². The molecule has 2 N–H and O–H groups in total. The molecule has 6 nitrogen and oxygen atoms in total. The van der Waals surface area contributed by atoms with Crippen LogP contribution in [0.25, 0.3) is 0 Å². The zero-order chi connectivity index (χ0) is 11.9. The average Bonchev–Trinajstić information content (AvgIpc) is 2.15. The minimum Gasteiger partial charge on any atom is -0.332 e. The van der Waals surface area contributed by atoms with E-state index in [1.165, 1.54) is 0 Å². The summed E-state index contributed by atoms with van der Waals surface area (Å²) < 4.78 is 37.1. The number of aromatic nitrogens is 2. The van der Waals surface area contributed by atoms with Gasteiger partial charge in [0.1, 0.15) is 5.82 Å². The van der Waals surface area contributed by atoms with Crippen molar-refractivity contribution in [2.24, 2.45) is 4.99 Å². The number of hydrogen-bond donors (Lipinski definition) is 2. The Morgan fingerprint density at radius 2 is 2.06 bits per heavy atom. The van der Waals surface area contributed by atoms with Crippen LogP contribution in [0.15, 0.2) is 14.6 Å². The van der Waals surface area contributed by atoms with Gasteiger partial charge in [0.2, 0.25) is 0 Å². The molecule has 0 fully saturated rings. The number of hydrogen-bond acceptors (Lipinski definition) is 4. The second kappa shape index (κ2) is 3.22. The van der Waals surface area contributed by atoms with E-state index in [1.807, 2.05) is 0 Å². The molecule has 86 valence electrons. The predicted molar refractivity (Wildman–Crippen MR) is 48.4 cm³/mol. The summed E-state index contributed by atoms with van der Waals surface area (Å²) in [4.78, 5) is 27.5. The van der Waals surface area contributed by atoms with Gasteiger partial charge in [-0.1, -0.05) is 0 Å². The largest absolute Gasteiger partial charge is 0.494 e. The predicted octanol–water partition coefficient (Wildman–Crippen LogP) is -0.0333. The molecule has 0 atom stereocenters. The van der Waals surface area contributed by atoms with E-state index in [-0.39, 0.29) is 12.1 Å². The highest BCUT2D eigenvalue weighted by Gasteiger charge is 2.36. The van der Waals surface area contributed by atoms with Crippen molar-refractivity contribution < 1.29 is 13.2 Å². The summed E-state index contributed by atoms with van der Waals surface area (Å²) in [5.74, 6) is -0.587. The van der Waals surface area contributed by atoms with E-state index >= 15 is 0 Å². The lowest BCUT2D eigenvalue weighted by Crippen LogP contribution is -2.41. The smallest absolute Gasteiger partial charge is 0.332 e. The molecule has 9 heteroatoms. The molecule has 16 heavy (non-hydrogen) atoms. The third-order valence-corrected chi connectivity index (χ3v) is 2.00. The summed E-state index contributed by atoms with van der Waals surface area (Å²) >= 11 is 0. The van der Waals surface area contributed by atoms with Crippen LogP contribution in [0.4, 0.5) is 19.0 Å². The molecule has 0 aromatic carbocycles. The topological polar surface area (TPSA) is 79.2 Å². The summed E-state index contributed by atoms with van der Waals surface area (Å²) in [6.45, 7) is -0.200. The minimum absolute atomic E-state index is 0.200. The van der Waals surface area contributed by atoms with Gasteiger partial charge >= 0.3 is 12.0 Å². The second-order valence-corrected chi connectivity index (χ2v) is 3.00. The lowest BCUT2D eigenvalue weighted by molar-refractivity contribution is -0.205. The number of fused-ring (bicyclic) bond motifs is 1. The van der Waals surface area contributed by atoms with E-state index < -0.39 is 27.9 Å². The van der Waals surface area contributed by atoms with E-state index in [4.69, 9.17) is 0 Å². The highest BCUT2D eigenvalue weighted by molar-refractivity contribution is 5.77. The van der Waals surface area contributed by atoms with Crippen LogP contribution >= 0.6 is 0 Å². The first kappa shape index (κ1) is 10.5. The molecule has 0 aliphatic carbocycles. The van der Waals surface area contributed by atoms with Gasteiger partial charge in [-0.2, -0.15) is 4.57 Å². The van der Waals surface area contributed by atoms with Crippen molar-refractivity contribution in [3.63, 3.8) is 0 Å². The zero-order valence-corrected chi connectivity index (χ0v) is 7.63. The molecule has 1 aliphatic heterocycles. The van der Waals surface area contributed by atoms with Crippen LogP contribution in [0.2, 0.25) is 0 Å². The second-order valence-electron chi connectivity index (χ2n) is 3.00. The van der Waals surface area contributed by atoms with E-state index in [2.05, 4.69) is 10.3 Å². The quantitative estimate of drug-likeness (QED) is 0.661. The van der Waals surface area contributed by atoms with Crippen molar-refractivity contribution >= 4 is 12.2 Å². The number of H-pyrrole nitrogens is 1. The maximum Gasteiger partial charge on any atom is 0.494 e. The van der Waals surface area contributed by atoms with Crippen molar-refractivity contribution in [2.45, 2.75) is 12.8 Å². The number of nitrogens with zero attached hydrogens (tertiary/aromatic N) is 2. The van der Waals surface area contributed by atoms with Gasteiger partial charge in [-0.15, -0.1) is 13.2 Å². The highest BCUT2D eigenvalue weighted by atomic mass is 19.4. The summed E-state index contributed by atoms with van der Waals surface area (Å²) in [5.41, 5.74) is -2.62. The first-order valence-corrected chi connectivity index (χ1v) is 4.11. The molecular formula is C7H5F3N4O2. The van der Waals surface area contributed by atoms with Crippen molar-refractivity contribution in [1.82, 2.24) is 9.55 Å². The maximum atomic E-state index is 12.5. The maximum absolute atomic E-state index is 12.5. The number of aromatic amines is 1. The standard InChI is InChI=1S/C7H5F3N4O2/c8-7(9,10)14-4-3(1-11-2-12-4)5(15)13-6(14)16/h2H,1H2,(H,11,12)(H,13,15,16). The van der Waals surface area contributed by atoms with Crippen LogP contribution < -0.4 is 16.6 Å². The number of aliphatic imine (C=N–C) groups is 1. The van der Waals surface area contributed by atoms with E-state index in [1.54, 1.807) is 4.98 Å². The van der Waals surface area contributed by atoms with Crippen molar-refractivity contribution in [2.75, 3.05) is 5.32 Å². The molecule has 0 amide bonds. The van der Waals surface area contributed by atoms with Crippen molar-refractivity contribution in [1.29, 1.82) is 0 Å². The minimum atomic E-state index is -4.90. The van der Waals surface area contributed by atoms with Crippen LogP contribution in [-0.2, 0) is 12.8 Å². The van der Waals surface area contributed by atoms with E-state index in [9.17, 15) is 22.8 Å². The zero-order valence-electron chi connectivity index (χ0n) is 7.63. The number of alkyl halides is 3. The van der Waals surface area contributed by atoms with E-state index in [0.29, 0.717) is 0 Å². The van der Waals surface area contributed by atoms with Gasteiger partial charge in [0.25, 0.3) is 5.56 Å². The Morgan fingerprint density at radius 3 is 2.69 bits per heavy atom. The fourth-order valence-electron chi connectivity index (χ4n) is 1.36. The first-order valence-electron chi connectivity index (χ1n) is 4.11. The summed E-state index contributed by atoms with van der Waals surface area (Å²) in [6, 6.07) is 0. The fraction of sp³-hybridized carbons (Fsp3) is 0.286.